The van der Waals surface area contributed by atoms with Crippen molar-refractivity contribution in [3.63, 3.8) is 0 Å². The zero-order chi connectivity index (χ0) is 17.1. The highest BCUT2D eigenvalue weighted by Crippen LogP contribution is 2.27. The first kappa shape index (κ1) is 16.4. The van der Waals surface area contributed by atoms with Crippen molar-refractivity contribution in [2.75, 3.05) is 5.32 Å². The van der Waals surface area contributed by atoms with Gasteiger partial charge >= 0.3 is 0 Å². The van der Waals surface area contributed by atoms with E-state index in [0.29, 0.717) is 17.3 Å². The van der Waals surface area contributed by atoms with Gasteiger partial charge in [-0.2, -0.15) is 0 Å². The minimum Gasteiger partial charge on any atom is -0.367 e. The summed E-state index contributed by atoms with van der Waals surface area (Å²) in [5.41, 5.74) is 8.47. The number of primary amides is 1. The quantitative estimate of drug-likeness (QED) is 0.878. The Balaban J connectivity index is 1.77. The molecule has 126 valence electrons. The fourth-order valence-electron chi connectivity index (χ4n) is 3.17. The topological polar surface area (TPSA) is 93.8 Å². The minimum absolute atomic E-state index is 0.167. The second kappa shape index (κ2) is 6.95. The molecule has 2 aromatic heterocycles. The number of fused-ring (bicyclic) bond motifs is 1. The molecule has 3 rings (SSSR count). The lowest BCUT2D eigenvalue weighted by molar-refractivity contribution is 0.100. The van der Waals surface area contributed by atoms with Crippen molar-refractivity contribution >= 4 is 11.7 Å². The van der Waals surface area contributed by atoms with E-state index in [1.165, 1.54) is 17.3 Å². The van der Waals surface area contributed by atoms with Crippen LogP contribution in [0.1, 0.15) is 47.6 Å². The standard InChI is InChI=1S/C18H23N5O/c1-11(2)22-18-15(17(19)24)10-21-16(23-18)8-12-3-4-14-9-20-6-5-13(14)7-12/h5-6,9-12H,3-4,7-8H2,1-2H3,(H2,19,24)(H,21,22,23)/t12-/m1/s1. The van der Waals surface area contributed by atoms with Crippen molar-refractivity contribution in [1.29, 1.82) is 0 Å². The number of aryl methyl sites for hydroxylation is 1. The zero-order valence-corrected chi connectivity index (χ0v) is 14.1. The Kier molecular flexibility index (Phi) is 4.74. The molecule has 0 aromatic carbocycles. The molecule has 0 radical (unpaired) electrons. The molecule has 0 fully saturated rings. The number of carbonyl (C=O) groups excluding carboxylic acids is 1. The van der Waals surface area contributed by atoms with Gasteiger partial charge in [0.15, 0.2) is 0 Å². The Hall–Kier alpha value is -2.50. The van der Waals surface area contributed by atoms with Crippen molar-refractivity contribution in [3.8, 4) is 0 Å². The Morgan fingerprint density at radius 1 is 1.38 bits per heavy atom. The lowest BCUT2D eigenvalue weighted by atomic mass is 9.83. The maximum atomic E-state index is 11.5. The third kappa shape index (κ3) is 3.69. The number of hydrogen-bond acceptors (Lipinski definition) is 5. The molecular weight excluding hydrogens is 302 g/mol. The van der Waals surface area contributed by atoms with Crippen LogP contribution < -0.4 is 11.1 Å². The van der Waals surface area contributed by atoms with Gasteiger partial charge in [0, 0.05) is 31.1 Å². The number of pyridine rings is 1. The van der Waals surface area contributed by atoms with Crippen LogP contribution in [0.3, 0.4) is 0 Å². The van der Waals surface area contributed by atoms with Gasteiger partial charge in [-0.05, 0) is 56.2 Å². The number of rotatable bonds is 5. The largest absolute Gasteiger partial charge is 0.367 e. The molecule has 0 spiro atoms. The van der Waals surface area contributed by atoms with Gasteiger partial charge in [0.05, 0.1) is 5.56 Å². The number of nitrogens with two attached hydrogens (primary N) is 1. The molecule has 0 aliphatic heterocycles. The Morgan fingerprint density at radius 3 is 2.96 bits per heavy atom. The summed E-state index contributed by atoms with van der Waals surface area (Å²) in [6, 6.07) is 2.27. The number of carbonyl (C=O) groups is 1. The van der Waals surface area contributed by atoms with Gasteiger partial charge < -0.3 is 11.1 Å². The Bertz CT molecular complexity index is 744. The summed E-state index contributed by atoms with van der Waals surface area (Å²) in [4.78, 5) is 24.6. The van der Waals surface area contributed by atoms with E-state index in [4.69, 9.17) is 5.73 Å². The molecule has 1 aliphatic carbocycles. The zero-order valence-electron chi connectivity index (χ0n) is 14.1. The van der Waals surface area contributed by atoms with Crippen LogP contribution in [0.4, 0.5) is 5.82 Å². The summed E-state index contributed by atoms with van der Waals surface area (Å²) in [6.45, 7) is 4.00. The fourth-order valence-corrected chi connectivity index (χ4v) is 3.17. The first-order valence-electron chi connectivity index (χ1n) is 8.37. The van der Waals surface area contributed by atoms with E-state index < -0.39 is 5.91 Å². The molecule has 0 bridgehead atoms. The van der Waals surface area contributed by atoms with Crippen LogP contribution in [0.2, 0.25) is 0 Å². The molecule has 0 saturated carbocycles. The molecule has 6 heteroatoms. The average molecular weight is 325 g/mol. The van der Waals surface area contributed by atoms with E-state index in [-0.39, 0.29) is 6.04 Å². The van der Waals surface area contributed by atoms with Crippen LogP contribution in [0.25, 0.3) is 0 Å². The van der Waals surface area contributed by atoms with Crippen molar-refractivity contribution in [2.45, 2.75) is 45.6 Å². The van der Waals surface area contributed by atoms with Crippen LogP contribution in [0.15, 0.2) is 24.7 Å². The normalized spacial score (nSPS) is 16.7. The summed E-state index contributed by atoms with van der Waals surface area (Å²) < 4.78 is 0. The van der Waals surface area contributed by atoms with Gasteiger partial charge in [-0.15, -0.1) is 0 Å². The highest BCUT2D eigenvalue weighted by molar-refractivity contribution is 5.97. The average Bonchev–Trinajstić information content (AvgIpc) is 2.54. The molecule has 0 saturated heterocycles. The van der Waals surface area contributed by atoms with Crippen LogP contribution >= 0.6 is 0 Å². The number of amides is 1. The summed E-state index contributed by atoms with van der Waals surface area (Å²) >= 11 is 0. The van der Waals surface area contributed by atoms with Crippen LogP contribution in [0.5, 0.6) is 0 Å². The first-order chi connectivity index (χ1) is 11.5. The van der Waals surface area contributed by atoms with E-state index in [1.54, 1.807) is 0 Å². The Labute approximate surface area is 141 Å². The highest BCUT2D eigenvalue weighted by atomic mass is 16.1. The van der Waals surface area contributed by atoms with Crippen LogP contribution in [-0.4, -0.2) is 26.9 Å². The SMILES string of the molecule is CC(C)Nc1nc(C[C@@H]2CCc3cnccc3C2)ncc1C(N)=O. The molecule has 0 unspecified atom stereocenters. The fraction of sp³-hybridized carbons (Fsp3) is 0.444. The smallest absolute Gasteiger partial charge is 0.254 e. The number of hydrogen-bond donors (Lipinski definition) is 2. The first-order valence-corrected chi connectivity index (χ1v) is 8.37. The van der Waals surface area contributed by atoms with Gasteiger partial charge in [-0.25, -0.2) is 9.97 Å². The molecule has 1 aliphatic rings. The van der Waals surface area contributed by atoms with E-state index in [9.17, 15) is 4.79 Å². The van der Waals surface area contributed by atoms with Gasteiger partial charge in [0.25, 0.3) is 5.91 Å². The van der Waals surface area contributed by atoms with Crippen LogP contribution in [-0.2, 0) is 19.3 Å². The number of aromatic nitrogens is 3. The van der Waals surface area contributed by atoms with E-state index in [1.807, 2.05) is 26.2 Å². The molecule has 2 heterocycles. The van der Waals surface area contributed by atoms with Crippen molar-refractivity contribution < 1.29 is 4.79 Å². The maximum absolute atomic E-state index is 11.5. The summed E-state index contributed by atoms with van der Waals surface area (Å²) in [5, 5.41) is 3.19. The predicted octanol–water partition coefficient (Wildman–Crippen LogP) is 2.14. The molecule has 3 N–H and O–H groups in total. The predicted molar refractivity (Wildman–Crippen MR) is 92.8 cm³/mol. The van der Waals surface area contributed by atoms with Crippen molar-refractivity contribution in [2.24, 2.45) is 11.7 Å². The number of nitrogens with one attached hydrogen (secondary N) is 1. The van der Waals surface area contributed by atoms with Gasteiger partial charge in [-0.1, -0.05) is 0 Å². The van der Waals surface area contributed by atoms with E-state index >= 15 is 0 Å². The summed E-state index contributed by atoms with van der Waals surface area (Å²) in [7, 11) is 0. The second-order valence-corrected chi connectivity index (χ2v) is 6.67. The van der Waals surface area contributed by atoms with Crippen molar-refractivity contribution in [1.82, 2.24) is 15.0 Å². The molecule has 2 aromatic rings. The number of nitrogens with zero attached hydrogens (tertiary/aromatic N) is 3. The van der Waals surface area contributed by atoms with E-state index in [2.05, 4.69) is 26.3 Å². The lowest BCUT2D eigenvalue weighted by Crippen LogP contribution is -2.22. The third-order valence-electron chi connectivity index (χ3n) is 4.34. The second-order valence-electron chi connectivity index (χ2n) is 6.67. The monoisotopic (exact) mass is 325 g/mol. The summed E-state index contributed by atoms with van der Waals surface area (Å²) in [6.07, 6.45) is 9.32. The molecule has 1 atom stereocenters. The summed E-state index contributed by atoms with van der Waals surface area (Å²) in [5.74, 6) is 1.28. The van der Waals surface area contributed by atoms with E-state index in [0.717, 1.165) is 31.5 Å². The molecule has 1 amide bonds. The maximum Gasteiger partial charge on any atom is 0.254 e. The molecule has 6 nitrogen and oxygen atoms in total. The lowest BCUT2D eigenvalue weighted by Gasteiger charge is -2.24. The molecular formula is C18H23N5O. The Morgan fingerprint density at radius 2 is 2.21 bits per heavy atom. The van der Waals surface area contributed by atoms with Crippen molar-refractivity contribution in [3.05, 3.63) is 47.2 Å². The molecule has 24 heavy (non-hydrogen) atoms. The van der Waals surface area contributed by atoms with Gasteiger partial charge in [0.1, 0.15) is 11.6 Å². The number of anilines is 1. The van der Waals surface area contributed by atoms with Crippen LogP contribution in [0, 0.1) is 5.92 Å². The van der Waals surface area contributed by atoms with Gasteiger partial charge in [0.2, 0.25) is 0 Å². The highest BCUT2D eigenvalue weighted by Gasteiger charge is 2.21. The minimum atomic E-state index is -0.510. The third-order valence-corrected chi connectivity index (χ3v) is 4.34. The van der Waals surface area contributed by atoms with Gasteiger partial charge in [-0.3, -0.25) is 9.78 Å².